The van der Waals surface area contributed by atoms with Crippen LogP contribution in [-0.4, -0.2) is 36.9 Å². The molecule has 1 aliphatic rings. The van der Waals surface area contributed by atoms with Crippen molar-refractivity contribution in [3.8, 4) is 0 Å². The Morgan fingerprint density at radius 3 is 2.88 bits per heavy atom. The van der Waals surface area contributed by atoms with Crippen molar-refractivity contribution in [2.45, 2.75) is 25.4 Å². The number of nitrogens with zero attached hydrogens (tertiary/aromatic N) is 1. The Morgan fingerprint density at radius 2 is 2.18 bits per heavy atom. The first-order chi connectivity index (χ1) is 8.24. The zero-order chi connectivity index (χ0) is 12.3. The Labute approximate surface area is 111 Å². The van der Waals surface area contributed by atoms with Gasteiger partial charge in [-0.3, -0.25) is 0 Å². The number of para-hydroxylation sites is 1. The summed E-state index contributed by atoms with van der Waals surface area (Å²) < 4.78 is 1.12. The van der Waals surface area contributed by atoms with E-state index in [0.29, 0.717) is 12.1 Å². The molecule has 2 N–H and O–H groups in total. The molecule has 0 aliphatic carbocycles. The van der Waals surface area contributed by atoms with Crippen LogP contribution in [0.5, 0.6) is 0 Å². The van der Waals surface area contributed by atoms with Gasteiger partial charge >= 0.3 is 0 Å². The molecule has 0 radical (unpaired) electrons. The van der Waals surface area contributed by atoms with Crippen LogP contribution in [0.1, 0.15) is 13.3 Å². The van der Waals surface area contributed by atoms with Crippen molar-refractivity contribution in [1.29, 1.82) is 0 Å². The molecule has 1 heterocycles. The molecule has 17 heavy (non-hydrogen) atoms. The fraction of sp³-hybridized carbons (Fsp3) is 0.538. The average Bonchev–Trinajstić information content (AvgIpc) is 2.31. The third-order valence-corrected chi connectivity index (χ3v) is 3.95. The molecule has 2 atom stereocenters. The molecule has 2 unspecified atom stereocenters. The first kappa shape index (κ1) is 12.9. The molecular weight excluding hydrogens is 280 g/mol. The maximum absolute atomic E-state index is 9.17. The zero-order valence-corrected chi connectivity index (χ0v) is 11.7. The second-order valence-electron chi connectivity index (χ2n) is 4.53. The highest BCUT2D eigenvalue weighted by molar-refractivity contribution is 9.10. The van der Waals surface area contributed by atoms with Crippen LogP contribution in [0.2, 0.25) is 0 Å². The molecule has 1 aromatic carbocycles. The number of aliphatic hydroxyl groups excluding tert-OH is 1. The van der Waals surface area contributed by atoms with Gasteiger partial charge in [-0.15, -0.1) is 0 Å². The van der Waals surface area contributed by atoms with E-state index >= 15 is 0 Å². The van der Waals surface area contributed by atoms with Crippen molar-refractivity contribution >= 4 is 21.6 Å². The molecular formula is C13H19BrN2O. The van der Waals surface area contributed by atoms with Crippen LogP contribution in [0.15, 0.2) is 28.7 Å². The van der Waals surface area contributed by atoms with E-state index in [1.165, 1.54) is 5.69 Å². The summed E-state index contributed by atoms with van der Waals surface area (Å²) in [4.78, 5) is 2.41. The number of nitrogens with one attached hydrogen (secondary N) is 1. The molecule has 1 saturated heterocycles. The van der Waals surface area contributed by atoms with E-state index in [1.54, 1.807) is 0 Å². The molecule has 0 spiro atoms. The normalized spacial score (nSPS) is 25.0. The lowest BCUT2D eigenvalue weighted by molar-refractivity contribution is 0.259. The van der Waals surface area contributed by atoms with E-state index in [4.69, 9.17) is 0 Å². The standard InChI is InChI=1S/C13H19BrN2O/c1-10-8-15-9-11(6-7-17)16(10)13-5-3-2-4-12(13)14/h2-5,10-11,15,17H,6-9H2,1H3. The maximum Gasteiger partial charge on any atom is 0.0516 e. The number of hydrogen-bond donors (Lipinski definition) is 2. The molecule has 0 saturated carbocycles. The van der Waals surface area contributed by atoms with Crippen molar-refractivity contribution in [2.24, 2.45) is 0 Å². The smallest absolute Gasteiger partial charge is 0.0516 e. The Hall–Kier alpha value is -0.580. The lowest BCUT2D eigenvalue weighted by atomic mass is 10.0. The summed E-state index contributed by atoms with van der Waals surface area (Å²) in [5.41, 5.74) is 1.22. The van der Waals surface area contributed by atoms with Gasteiger partial charge in [-0.05, 0) is 41.4 Å². The zero-order valence-electron chi connectivity index (χ0n) is 10.1. The van der Waals surface area contributed by atoms with Gasteiger partial charge in [0, 0.05) is 36.3 Å². The Morgan fingerprint density at radius 1 is 1.41 bits per heavy atom. The minimum absolute atomic E-state index is 0.236. The molecule has 1 aliphatic heterocycles. The van der Waals surface area contributed by atoms with Gasteiger partial charge in [0.2, 0.25) is 0 Å². The molecule has 94 valence electrons. The van der Waals surface area contributed by atoms with Gasteiger partial charge in [-0.1, -0.05) is 12.1 Å². The van der Waals surface area contributed by atoms with Crippen LogP contribution >= 0.6 is 15.9 Å². The van der Waals surface area contributed by atoms with Gasteiger partial charge in [0.25, 0.3) is 0 Å². The molecule has 0 amide bonds. The topological polar surface area (TPSA) is 35.5 Å². The number of hydrogen-bond acceptors (Lipinski definition) is 3. The Balaban J connectivity index is 2.28. The first-order valence-corrected chi connectivity index (χ1v) is 6.87. The summed E-state index contributed by atoms with van der Waals surface area (Å²) in [6.45, 7) is 4.38. The van der Waals surface area contributed by atoms with Gasteiger partial charge < -0.3 is 15.3 Å². The quantitative estimate of drug-likeness (QED) is 0.896. The van der Waals surface area contributed by atoms with Crippen LogP contribution in [-0.2, 0) is 0 Å². The van der Waals surface area contributed by atoms with Crippen molar-refractivity contribution in [2.75, 3.05) is 24.6 Å². The third-order valence-electron chi connectivity index (χ3n) is 3.28. The van der Waals surface area contributed by atoms with Gasteiger partial charge in [0.1, 0.15) is 0 Å². The van der Waals surface area contributed by atoms with Crippen LogP contribution in [0, 0.1) is 0 Å². The van der Waals surface area contributed by atoms with E-state index in [1.807, 2.05) is 6.07 Å². The lowest BCUT2D eigenvalue weighted by Crippen LogP contribution is -2.56. The number of halogens is 1. The van der Waals surface area contributed by atoms with Crippen molar-refractivity contribution in [3.05, 3.63) is 28.7 Å². The van der Waals surface area contributed by atoms with Gasteiger partial charge in [0.05, 0.1) is 5.69 Å². The number of benzene rings is 1. The summed E-state index contributed by atoms with van der Waals surface area (Å²) in [6, 6.07) is 9.10. The maximum atomic E-state index is 9.17. The molecule has 3 nitrogen and oxygen atoms in total. The van der Waals surface area contributed by atoms with Crippen LogP contribution in [0.4, 0.5) is 5.69 Å². The molecule has 1 aromatic rings. The van der Waals surface area contributed by atoms with E-state index in [2.05, 4.69) is 51.3 Å². The van der Waals surface area contributed by atoms with Crippen LogP contribution in [0.3, 0.4) is 0 Å². The predicted molar refractivity (Wildman–Crippen MR) is 74.4 cm³/mol. The predicted octanol–water partition coefficient (Wildman–Crippen LogP) is 2.00. The van der Waals surface area contributed by atoms with Gasteiger partial charge in [-0.2, -0.15) is 0 Å². The molecule has 2 rings (SSSR count). The van der Waals surface area contributed by atoms with Gasteiger partial charge in [-0.25, -0.2) is 0 Å². The molecule has 1 fully saturated rings. The Kier molecular flexibility index (Phi) is 4.42. The minimum Gasteiger partial charge on any atom is -0.396 e. The highest BCUT2D eigenvalue weighted by Crippen LogP contribution is 2.30. The molecule has 4 heteroatoms. The van der Waals surface area contributed by atoms with Gasteiger partial charge in [0.15, 0.2) is 0 Å². The minimum atomic E-state index is 0.236. The summed E-state index contributed by atoms with van der Waals surface area (Å²) in [5, 5.41) is 12.6. The summed E-state index contributed by atoms with van der Waals surface area (Å²) in [6.07, 6.45) is 0.804. The number of aliphatic hydroxyl groups is 1. The van der Waals surface area contributed by atoms with Crippen molar-refractivity contribution in [3.63, 3.8) is 0 Å². The van der Waals surface area contributed by atoms with Crippen LogP contribution in [0.25, 0.3) is 0 Å². The summed E-state index contributed by atoms with van der Waals surface area (Å²) in [7, 11) is 0. The number of piperazine rings is 1. The SMILES string of the molecule is CC1CNCC(CCO)N1c1ccccc1Br. The van der Waals surface area contributed by atoms with Crippen molar-refractivity contribution < 1.29 is 5.11 Å². The number of anilines is 1. The fourth-order valence-corrected chi connectivity index (χ4v) is 2.99. The van der Waals surface area contributed by atoms with Crippen LogP contribution < -0.4 is 10.2 Å². The monoisotopic (exact) mass is 298 g/mol. The highest BCUT2D eigenvalue weighted by atomic mass is 79.9. The third kappa shape index (κ3) is 2.81. The average molecular weight is 299 g/mol. The van der Waals surface area contributed by atoms with E-state index in [0.717, 1.165) is 24.0 Å². The molecule has 0 bridgehead atoms. The van der Waals surface area contributed by atoms with Crippen molar-refractivity contribution in [1.82, 2.24) is 5.32 Å². The van der Waals surface area contributed by atoms with E-state index in [-0.39, 0.29) is 6.61 Å². The second-order valence-corrected chi connectivity index (χ2v) is 5.39. The lowest BCUT2D eigenvalue weighted by Gasteiger charge is -2.43. The first-order valence-electron chi connectivity index (χ1n) is 6.08. The van der Waals surface area contributed by atoms with E-state index in [9.17, 15) is 5.11 Å². The largest absolute Gasteiger partial charge is 0.396 e. The van der Waals surface area contributed by atoms with E-state index < -0.39 is 0 Å². The fourth-order valence-electron chi connectivity index (χ4n) is 2.50. The summed E-state index contributed by atoms with van der Waals surface area (Å²) >= 11 is 3.61. The Bertz CT molecular complexity index is 370. The number of rotatable bonds is 3. The molecule has 0 aromatic heterocycles. The second kappa shape index (κ2) is 5.85. The summed E-state index contributed by atoms with van der Waals surface area (Å²) in [5.74, 6) is 0. The highest BCUT2D eigenvalue weighted by Gasteiger charge is 2.28.